The highest BCUT2D eigenvalue weighted by molar-refractivity contribution is 6.01. The van der Waals surface area contributed by atoms with E-state index in [1.54, 1.807) is 30.3 Å². The Morgan fingerprint density at radius 2 is 1.52 bits per heavy atom. The number of alkyl halides is 3. The number of carbonyl (C=O) groups is 1. The van der Waals surface area contributed by atoms with Crippen molar-refractivity contribution < 1.29 is 18.0 Å². The van der Waals surface area contributed by atoms with Crippen LogP contribution in [0, 0.1) is 0 Å². The van der Waals surface area contributed by atoms with Crippen LogP contribution in [0.25, 0.3) is 0 Å². The van der Waals surface area contributed by atoms with E-state index < -0.39 is 24.1 Å². The number of hydrogen-bond acceptors (Lipinski definition) is 3. The minimum Gasteiger partial charge on any atom is -0.335 e. The van der Waals surface area contributed by atoms with Crippen LogP contribution in [0.5, 0.6) is 0 Å². The number of benzene rings is 1. The Labute approximate surface area is 169 Å². The average Bonchev–Trinajstić information content (AvgIpc) is 2.72. The smallest absolute Gasteiger partial charge is 0.335 e. The first-order chi connectivity index (χ1) is 13.9. The second-order valence-corrected chi connectivity index (χ2v) is 7.86. The number of hydrazone groups is 1. The summed E-state index contributed by atoms with van der Waals surface area (Å²) in [6, 6.07) is 7.19. The first kappa shape index (κ1) is 21.5. The highest BCUT2D eigenvalue weighted by Gasteiger charge is 2.45. The molecule has 29 heavy (non-hydrogen) atoms. The number of nitrogens with one attached hydrogen (secondary N) is 2. The molecule has 2 amide bonds. The van der Waals surface area contributed by atoms with Crippen LogP contribution in [0.3, 0.4) is 0 Å². The van der Waals surface area contributed by atoms with Crippen LogP contribution >= 0.6 is 0 Å². The summed E-state index contributed by atoms with van der Waals surface area (Å²) in [5, 5.41) is 6.51. The molecule has 2 aliphatic carbocycles. The molecule has 0 aliphatic heterocycles. The molecule has 0 spiro atoms. The number of halogens is 3. The second-order valence-electron chi connectivity index (χ2n) is 7.86. The van der Waals surface area contributed by atoms with Gasteiger partial charge in [-0.2, -0.15) is 18.3 Å². The molecule has 2 aliphatic rings. The van der Waals surface area contributed by atoms with E-state index in [1.807, 2.05) is 0 Å². The highest BCUT2D eigenvalue weighted by Crippen LogP contribution is 2.29. The van der Waals surface area contributed by atoms with Gasteiger partial charge in [0, 0.05) is 12.1 Å². The number of hydrogen-bond donors (Lipinski definition) is 2. The Morgan fingerprint density at radius 1 is 0.931 bits per heavy atom. The Kier molecular flexibility index (Phi) is 7.39. The molecule has 0 bridgehead atoms. The van der Waals surface area contributed by atoms with Crippen LogP contribution in [0.15, 0.2) is 35.4 Å². The summed E-state index contributed by atoms with van der Waals surface area (Å²) >= 11 is 0. The van der Waals surface area contributed by atoms with Crippen molar-refractivity contribution in [3.05, 3.63) is 30.3 Å². The zero-order valence-electron chi connectivity index (χ0n) is 16.5. The van der Waals surface area contributed by atoms with E-state index in [1.165, 1.54) is 0 Å². The predicted octanol–water partition coefficient (Wildman–Crippen LogP) is 5.65. The minimum atomic E-state index is -4.75. The van der Waals surface area contributed by atoms with E-state index in [0.29, 0.717) is 18.5 Å². The maximum atomic E-state index is 14.0. The van der Waals surface area contributed by atoms with Crippen LogP contribution in [-0.2, 0) is 0 Å². The lowest BCUT2D eigenvalue weighted by atomic mass is 9.93. The van der Waals surface area contributed by atoms with Crippen molar-refractivity contribution in [2.75, 3.05) is 5.43 Å². The number of nitrogens with zero attached hydrogens (tertiary/aromatic N) is 2. The summed E-state index contributed by atoms with van der Waals surface area (Å²) in [6.07, 6.45) is 3.68. The zero-order chi connectivity index (χ0) is 20.7. The number of carbonyl (C=O) groups excluding carboxylic acids is 1. The zero-order valence-corrected chi connectivity index (χ0v) is 16.5. The average molecular weight is 410 g/mol. The fourth-order valence-electron chi connectivity index (χ4n) is 4.15. The van der Waals surface area contributed by atoms with E-state index in [2.05, 4.69) is 15.8 Å². The van der Waals surface area contributed by atoms with Gasteiger partial charge in [0.2, 0.25) is 5.84 Å². The van der Waals surface area contributed by atoms with E-state index in [4.69, 9.17) is 0 Å². The third-order valence-electron chi connectivity index (χ3n) is 5.64. The number of amides is 2. The number of amidine groups is 1. The van der Waals surface area contributed by atoms with Crippen LogP contribution in [0.4, 0.5) is 23.7 Å². The maximum Gasteiger partial charge on any atom is 0.451 e. The van der Waals surface area contributed by atoms with E-state index in [0.717, 1.165) is 56.3 Å². The maximum absolute atomic E-state index is 14.0. The molecule has 0 aromatic heterocycles. The monoisotopic (exact) mass is 410 g/mol. The van der Waals surface area contributed by atoms with Crippen LogP contribution in [-0.4, -0.2) is 35.0 Å². The molecule has 1 aromatic rings. The molecule has 2 fully saturated rings. The lowest BCUT2D eigenvalue weighted by Crippen LogP contribution is -2.56. The topological polar surface area (TPSA) is 56.7 Å². The van der Waals surface area contributed by atoms with E-state index in [9.17, 15) is 18.0 Å². The van der Waals surface area contributed by atoms with Crippen molar-refractivity contribution in [2.24, 2.45) is 5.10 Å². The molecular weight excluding hydrogens is 381 g/mol. The lowest BCUT2D eigenvalue weighted by molar-refractivity contribution is -0.0692. The normalized spacial score (nSPS) is 19.6. The first-order valence-corrected chi connectivity index (χ1v) is 10.5. The fraction of sp³-hybridized carbons (Fsp3) is 0.619. The van der Waals surface area contributed by atoms with Gasteiger partial charge in [-0.05, 0) is 37.8 Å². The summed E-state index contributed by atoms with van der Waals surface area (Å²) in [5.41, 5.74) is 2.91. The summed E-state index contributed by atoms with van der Waals surface area (Å²) in [4.78, 5) is 13.9. The van der Waals surface area contributed by atoms with Crippen LogP contribution in [0.2, 0.25) is 0 Å². The molecule has 3 rings (SSSR count). The fourth-order valence-corrected chi connectivity index (χ4v) is 4.15. The lowest BCUT2D eigenvalue weighted by Gasteiger charge is -2.36. The highest BCUT2D eigenvalue weighted by atomic mass is 19.4. The van der Waals surface area contributed by atoms with Crippen molar-refractivity contribution in [1.82, 2.24) is 10.2 Å². The predicted molar refractivity (Wildman–Crippen MR) is 108 cm³/mol. The van der Waals surface area contributed by atoms with Gasteiger partial charge >= 0.3 is 12.2 Å². The van der Waals surface area contributed by atoms with Gasteiger partial charge < -0.3 is 5.32 Å². The van der Waals surface area contributed by atoms with Gasteiger partial charge in [-0.1, -0.05) is 56.7 Å². The van der Waals surface area contributed by atoms with Crippen LogP contribution in [0.1, 0.15) is 64.2 Å². The van der Waals surface area contributed by atoms with Gasteiger partial charge in [0.25, 0.3) is 0 Å². The van der Waals surface area contributed by atoms with Gasteiger partial charge in [-0.3, -0.25) is 10.3 Å². The number of urea groups is 1. The largest absolute Gasteiger partial charge is 0.451 e. The molecule has 160 valence electrons. The molecule has 0 saturated heterocycles. The van der Waals surface area contributed by atoms with Crippen molar-refractivity contribution in [2.45, 2.75) is 82.5 Å². The third kappa shape index (κ3) is 6.11. The van der Waals surface area contributed by atoms with Gasteiger partial charge in [-0.25, -0.2) is 4.79 Å². The second kappa shape index (κ2) is 9.98. The molecule has 0 radical (unpaired) electrons. The molecular formula is C21H29F3N4O. The van der Waals surface area contributed by atoms with Crippen molar-refractivity contribution >= 4 is 17.6 Å². The Bertz CT molecular complexity index is 681. The number of anilines is 1. The Morgan fingerprint density at radius 3 is 2.10 bits per heavy atom. The van der Waals surface area contributed by atoms with Crippen molar-refractivity contribution in [3.8, 4) is 0 Å². The van der Waals surface area contributed by atoms with Crippen molar-refractivity contribution in [1.29, 1.82) is 0 Å². The molecule has 0 atom stereocenters. The minimum absolute atomic E-state index is 0.0705. The van der Waals surface area contributed by atoms with Gasteiger partial charge in [0.05, 0.1) is 5.69 Å². The molecule has 1 aromatic carbocycles. The van der Waals surface area contributed by atoms with Crippen molar-refractivity contribution in [3.63, 3.8) is 0 Å². The van der Waals surface area contributed by atoms with Gasteiger partial charge in [0.1, 0.15) is 0 Å². The molecule has 2 saturated carbocycles. The number of para-hydroxylation sites is 1. The van der Waals surface area contributed by atoms with E-state index in [-0.39, 0.29) is 6.04 Å². The quantitative estimate of drug-likeness (QED) is 0.383. The summed E-state index contributed by atoms with van der Waals surface area (Å²) < 4.78 is 41.9. The van der Waals surface area contributed by atoms with Gasteiger partial charge in [-0.15, -0.1) is 0 Å². The SMILES string of the molecule is O=C(NC1CCCCC1)N(/C(=N\Nc1ccccc1)C(F)(F)F)C1CCCCC1. The molecule has 5 nitrogen and oxygen atoms in total. The molecule has 0 heterocycles. The summed E-state index contributed by atoms with van der Waals surface area (Å²) in [5.74, 6) is -1.18. The molecule has 2 N–H and O–H groups in total. The molecule has 8 heteroatoms. The molecule has 0 unspecified atom stereocenters. The summed E-state index contributed by atoms with van der Waals surface area (Å²) in [6.45, 7) is 0. The van der Waals surface area contributed by atoms with Crippen LogP contribution < -0.4 is 10.7 Å². The first-order valence-electron chi connectivity index (χ1n) is 10.5. The third-order valence-corrected chi connectivity index (χ3v) is 5.64. The Balaban J connectivity index is 1.85. The number of rotatable bonds is 4. The van der Waals surface area contributed by atoms with Gasteiger partial charge in [0.15, 0.2) is 0 Å². The summed E-state index contributed by atoms with van der Waals surface area (Å²) in [7, 11) is 0. The standard InChI is InChI=1S/C21H29F3N4O/c22-21(23,24)19(27-26-17-12-6-2-7-13-17)28(18-14-8-3-9-15-18)20(29)25-16-10-4-1-5-11-16/h2,6-7,12-13,16,18,26H,1,3-5,8-11,14-15H2,(H,25,29)/b27-19-. The van der Waals surface area contributed by atoms with E-state index >= 15 is 0 Å². The Hall–Kier alpha value is -2.25.